The van der Waals surface area contributed by atoms with Crippen molar-refractivity contribution < 1.29 is 4.74 Å². The van der Waals surface area contributed by atoms with E-state index in [1.807, 2.05) is 37.4 Å². The topological polar surface area (TPSA) is 21.3 Å². The molecule has 4 heteroatoms. The van der Waals surface area contributed by atoms with E-state index < -0.39 is 0 Å². The summed E-state index contributed by atoms with van der Waals surface area (Å²) in [6.07, 6.45) is 0.982. The third-order valence-electron chi connectivity index (χ3n) is 3.09. The minimum Gasteiger partial charge on any atom is -0.496 e. The Kier molecular flexibility index (Phi) is 6.86. The van der Waals surface area contributed by atoms with E-state index in [1.165, 1.54) is 5.56 Å². The molecule has 0 heterocycles. The van der Waals surface area contributed by atoms with Crippen LogP contribution < -0.4 is 10.1 Å². The van der Waals surface area contributed by atoms with Crippen LogP contribution in [0.1, 0.15) is 5.56 Å². The van der Waals surface area contributed by atoms with Gasteiger partial charge in [-0.05, 0) is 43.8 Å². The number of methoxy groups -OCH3 is 1. The van der Waals surface area contributed by atoms with Gasteiger partial charge in [0.15, 0.2) is 0 Å². The molecule has 2 rings (SSSR count). The Bertz CT molecular complexity index is 558. The Morgan fingerprint density at radius 1 is 1.10 bits per heavy atom. The van der Waals surface area contributed by atoms with E-state index in [2.05, 4.69) is 17.4 Å². The summed E-state index contributed by atoms with van der Waals surface area (Å²) in [5.74, 6) is 0.843. The second-order valence-corrected chi connectivity index (χ2v) is 4.78. The molecule has 0 saturated heterocycles. The number of rotatable bonds is 5. The van der Waals surface area contributed by atoms with Gasteiger partial charge in [0.25, 0.3) is 0 Å². The van der Waals surface area contributed by atoms with Crippen molar-refractivity contribution in [3.8, 4) is 16.9 Å². The number of likely N-dealkylation sites (N-methyl/N-ethyl adjacent to an activating group) is 1. The molecule has 2 aromatic carbocycles. The lowest BCUT2D eigenvalue weighted by Gasteiger charge is -2.11. The molecule has 0 saturated carbocycles. The fourth-order valence-electron chi connectivity index (χ4n) is 2.07. The van der Waals surface area contributed by atoms with Gasteiger partial charge in [0.1, 0.15) is 5.75 Å². The van der Waals surface area contributed by atoms with Gasteiger partial charge in [-0.25, -0.2) is 0 Å². The minimum absolute atomic E-state index is 0. The van der Waals surface area contributed by atoms with Crippen LogP contribution in [0, 0.1) is 0 Å². The fourth-order valence-corrected chi connectivity index (χ4v) is 2.29. The van der Waals surface area contributed by atoms with E-state index in [0.717, 1.165) is 34.9 Å². The first-order valence-corrected chi connectivity index (χ1v) is 6.70. The highest BCUT2D eigenvalue weighted by atomic mass is 35.5. The second kappa shape index (κ2) is 8.15. The van der Waals surface area contributed by atoms with Crippen molar-refractivity contribution in [3.05, 3.63) is 53.1 Å². The summed E-state index contributed by atoms with van der Waals surface area (Å²) in [4.78, 5) is 0. The third kappa shape index (κ3) is 3.89. The molecule has 0 aliphatic heterocycles. The van der Waals surface area contributed by atoms with Gasteiger partial charge in [-0.3, -0.25) is 0 Å². The first kappa shape index (κ1) is 16.8. The molecule has 2 nitrogen and oxygen atoms in total. The summed E-state index contributed by atoms with van der Waals surface area (Å²) in [6, 6.07) is 14.1. The number of benzene rings is 2. The minimum atomic E-state index is 0. The molecular formula is C16H19Cl2NO. The molecule has 0 bridgehead atoms. The predicted octanol–water partition coefficient (Wildman–Crippen LogP) is 4.20. The Balaban J connectivity index is 0.00000200. The summed E-state index contributed by atoms with van der Waals surface area (Å²) in [7, 11) is 3.63. The van der Waals surface area contributed by atoms with Crippen molar-refractivity contribution >= 4 is 24.0 Å². The van der Waals surface area contributed by atoms with Gasteiger partial charge in [-0.1, -0.05) is 35.9 Å². The molecule has 0 amide bonds. The largest absolute Gasteiger partial charge is 0.496 e. The van der Waals surface area contributed by atoms with Crippen molar-refractivity contribution in [3.63, 3.8) is 0 Å². The molecule has 20 heavy (non-hydrogen) atoms. The molecule has 0 fully saturated rings. The lowest BCUT2D eigenvalue weighted by molar-refractivity contribution is 0.416. The van der Waals surface area contributed by atoms with E-state index in [1.54, 1.807) is 7.11 Å². The zero-order chi connectivity index (χ0) is 13.7. The number of para-hydroxylation sites is 1. The lowest BCUT2D eigenvalue weighted by Crippen LogP contribution is -2.10. The summed E-state index contributed by atoms with van der Waals surface area (Å²) < 4.78 is 5.40. The molecule has 0 atom stereocenters. The van der Waals surface area contributed by atoms with Crippen LogP contribution in [-0.2, 0) is 6.42 Å². The highest BCUT2D eigenvalue weighted by molar-refractivity contribution is 6.33. The number of halogens is 2. The SMILES string of the molecule is CNCCc1ccc(Cl)c(-c2ccccc2OC)c1.Cl. The van der Waals surface area contributed by atoms with Gasteiger partial charge in [-0.2, -0.15) is 0 Å². The summed E-state index contributed by atoms with van der Waals surface area (Å²) in [6.45, 7) is 0.951. The molecule has 0 unspecified atom stereocenters. The first-order chi connectivity index (χ1) is 9.26. The number of hydrogen-bond acceptors (Lipinski definition) is 2. The summed E-state index contributed by atoms with van der Waals surface area (Å²) >= 11 is 6.32. The van der Waals surface area contributed by atoms with Crippen LogP contribution in [0.15, 0.2) is 42.5 Å². The van der Waals surface area contributed by atoms with Crippen LogP contribution in [-0.4, -0.2) is 20.7 Å². The molecule has 108 valence electrons. The Morgan fingerprint density at radius 3 is 2.55 bits per heavy atom. The van der Waals surface area contributed by atoms with Gasteiger partial charge in [0, 0.05) is 16.1 Å². The number of hydrogen-bond donors (Lipinski definition) is 1. The van der Waals surface area contributed by atoms with E-state index in [9.17, 15) is 0 Å². The van der Waals surface area contributed by atoms with Crippen molar-refractivity contribution in [2.75, 3.05) is 20.7 Å². The van der Waals surface area contributed by atoms with E-state index >= 15 is 0 Å². The number of ether oxygens (including phenoxy) is 1. The quantitative estimate of drug-likeness (QED) is 0.893. The molecule has 0 aliphatic carbocycles. The zero-order valence-electron chi connectivity index (χ0n) is 11.7. The first-order valence-electron chi connectivity index (χ1n) is 6.32. The molecule has 2 aromatic rings. The highest BCUT2D eigenvalue weighted by Crippen LogP contribution is 2.35. The Morgan fingerprint density at radius 2 is 1.85 bits per heavy atom. The zero-order valence-corrected chi connectivity index (χ0v) is 13.2. The van der Waals surface area contributed by atoms with Crippen molar-refractivity contribution in [1.82, 2.24) is 5.32 Å². The molecule has 1 N–H and O–H groups in total. The van der Waals surface area contributed by atoms with Crippen LogP contribution in [0.25, 0.3) is 11.1 Å². The van der Waals surface area contributed by atoms with Gasteiger partial charge >= 0.3 is 0 Å². The molecule has 0 spiro atoms. The van der Waals surface area contributed by atoms with E-state index in [4.69, 9.17) is 16.3 Å². The summed E-state index contributed by atoms with van der Waals surface area (Å²) in [5.41, 5.74) is 3.31. The Labute approximate surface area is 131 Å². The average Bonchev–Trinajstić information content (AvgIpc) is 2.46. The fraction of sp³-hybridized carbons (Fsp3) is 0.250. The van der Waals surface area contributed by atoms with Crippen molar-refractivity contribution in [2.24, 2.45) is 0 Å². The van der Waals surface area contributed by atoms with Gasteiger partial charge < -0.3 is 10.1 Å². The molecular weight excluding hydrogens is 293 g/mol. The normalized spacial score (nSPS) is 9.95. The second-order valence-electron chi connectivity index (χ2n) is 4.37. The van der Waals surface area contributed by atoms with Gasteiger partial charge in [0.2, 0.25) is 0 Å². The standard InChI is InChI=1S/C16H18ClNO.ClH/c1-18-10-9-12-7-8-15(17)14(11-12)13-5-3-4-6-16(13)19-2;/h3-8,11,18H,9-10H2,1-2H3;1H. The smallest absolute Gasteiger partial charge is 0.126 e. The van der Waals surface area contributed by atoms with Crippen LogP contribution >= 0.6 is 24.0 Å². The van der Waals surface area contributed by atoms with Crippen molar-refractivity contribution in [2.45, 2.75) is 6.42 Å². The van der Waals surface area contributed by atoms with Crippen LogP contribution in [0.2, 0.25) is 5.02 Å². The van der Waals surface area contributed by atoms with Gasteiger partial charge in [0.05, 0.1) is 7.11 Å². The van der Waals surface area contributed by atoms with E-state index in [0.29, 0.717) is 0 Å². The molecule has 0 aromatic heterocycles. The maximum Gasteiger partial charge on any atom is 0.126 e. The highest BCUT2D eigenvalue weighted by Gasteiger charge is 2.09. The Hall–Kier alpha value is -1.22. The maximum atomic E-state index is 6.32. The summed E-state index contributed by atoms with van der Waals surface area (Å²) in [5, 5.41) is 3.90. The van der Waals surface area contributed by atoms with Gasteiger partial charge in [-0.15, -0.1) is 12.4 Å². The van der Waals surface area contributed by atoms with Crippen LogP contribution in [0.4, 0.5) is 0 Å². The molecule has 0 aliphatic rings. The lowest BCUT2D eigenvalue weighted by atomic mass is 10.0. The monoisotopic (exact) mass is 311 g/mol. The maximum absolute atomic E-state index is 6.32. The molecule has 0 radical (unpaired) electrons. The average molecular weight is 312 g/mol. The third-order valence-corrected chi connectivity index (χ3v) is 3.42. The van der Waals surface area contributed by atoms with Crippen molar-refractivity contribution in [1.29, 1.82) is 0 Å². The van der Waals surface area contributed by atoms with Crippen LogP contribution in [0.5, 0.6) is 5.75 Å². The predicted molar refractivity (Wildman–Crippen MR) is 88.3 cm³/mol. The number of nitrogens with one attached hydrogen (secondary N) is 1. The van der Waals surface area contributed by atoms with E-state index in [-0.39, 0.29) is 12.4 Å². The van der Waals surface area contributed by atoms with Crippen LogP contribution in [0.3, 0.4) is 0 Å².